The highest BCUT2D eigenvalue weighted by Crippen LogP contribution is 2.34. The Bertz CT molecular complexity index is 488. The first-order chi connectivity index (χ1) is 11.3. The summed E-state index contributed by atoms with van der Waals surface area (Å²) in [5.74, 6) is 1.22. The zero-order chi connectivity index (χ0) is 16.1. The molecule has 3 nitrogen and oxygen atoms in total. The highest BCUT2D eigenvalue weighted by Gasteiger charge is 2.32. The van der Waals surface area contributed by atoms with E-state index in [1.54, 1.807) is 7.11 Å². The number of amides is 1. The van der Waals surface area contributed by atoms with E-state index in [2.05, 4.69) is 29.2 Å². The lowest BCUT2D eigenvalue weighted by Crippen LogP contribution is -2.43. The van der Waals surface area contributed by atoms with Crippen molar-refractivity contribution >= 4 is 5.91 Å². The molecule has 1 amide bonds. The fraction of sp³-hybridized carbons (Fsp3) is 0.650. The Morgan fingerprint density at radius 3 is 2.30 bits per heavy atom. The molecule has 0 bridgehead atoms. The predicted octanol–water partition coefficient (Wildman–Crippen LogP) is 4.19. The van der Waals surface area contributed by atoms with Gasteiger partial charge in [-0.3, -0.25) is 4.79 Å². The first kappa shape index (κ1) is 16.5. The number of hydrogen-bond acceptors (Lipinski definition) is 2. The van der Waals surface area contributed by atoms with Gasteiger partial charge in [0.25, 0.3) is 0 Å². The van der Waals surface area contributed by atoms with Crippen molar-refractivity contribution in [1.29, 1.82) is 0 Å². The van der Waals surface area contributed by atoms with Crippen LogP contribution in [0, 0.1) is 11.8 Å². The summed E-state index contributed by atoms with van der Waals surface area (Å²) in [4.78, 5) is 14.8. The number of carbonyl (C=O) groups excluding carboxylic acids is 1. The molecule has 3 rings (SSSR count). The monoisotopic (exact) mass is 315 g/mol. The molecular weight excluding hydrogens is 286 g/mol. The van der Waals surface area contributed by atoms with Crippen LogP contribution in [0.25, 0.3) is 0 Å². The van der Waals surface area contributed by atoms with Crippen molar-refractivity contribution in [3.05, 3.63) is 35.9 Å². The molecule has 23 heavy (non-hydrogen) atoms. The summed E-state index contributed by atoms with van der Waals surface area (Å²) in [5, 5.41) is 0. The molecule has 1 aromatic carbocycles. The van der Waals surface area contributed by atoms with E-state index < -0.39 is 0 Å². The number of nitrogens with zero attached hydrogens (tertiary/aromatic N) is 1. The summed E-state index contributed by atoms with van der Waals surface area (Å²) >= 11 is 0. The van der Waals surface area contributed by atoms with E-state index in [-0.39, 0.29) is 6.10 Å². The standard InChI is InChI=1S/C20H29NO2/c1-23-19(16-8-4-2-5-9-16)17-12-14-21(15-13-17)20(22)18-10-6-3-7-11-18/h2,4-5,8-9,17-19H,3,6-7,10-15H2,1H3. The smallest absolute Gasteiger partial charge is 0.225 e. The lowest BCUT2D eigenvalue weighted by Gasteiger charge is -2.37. The number of rotatable bonds is 4. The molecule has 1 saturated heterocycles. The fourth-order valence-electron chi connectivity index (χ4n) is 4.27. The van der Waals surface area contributed by atoms with E-state index in [0.717, 1.165) is 38.8 Å². The second-order valence-corrected chi connectivity index (χ2v) is 7.06. The van der Waals surface area contributed by atoms with Crippen molar-refractivity contribution in [2.24, 2.45) is 11.8 Å². The van der Waals surface area contributed by atoms with Gasteiger partial charge < -0.3 is 9.64 Å². The van der Waals surface area contributed by atoms with Crippen LogP contribution in [0.15, 0.2) is 30.3 Å². The van der Waals surface area contributed by atoms with Crippen molar-refractivity contribution in [2.75, 3.05) is 20.2 Å². The molecular formula is C20H29NO2. The molecule has 3 heteroatoms. The topological polar surface area (TPSA) is 29.5 Å². The van der Waals surface area contributed by atoms with E-state index >= 15 is 0 Å². The number of hydrogen-bond donors (Lipinski definition) is 0. The van der Waals surface area contributed by atoms with E-state index in [9.17, 15) is 4.79 Å². The number of carbonyl (C=O) groups is 1. The van der Waals surface area contributed by atoms with Gasteiger partial charge in [-0.1, -0.05) is 49.6 Å². The Labute approximate surface area is 140 Å². The quantitative estimate of drug-likeness (QED) is 0.833. The van der Waals surface area contributed by atoms with Crippen LogP contribution in [0.1, 0.15) is 56.6 Å². The lowest BCUT2D eigenvalue weighted by atomic mass is 9.85. The largest absolute Gasteiger partial charge is 0.376 e. The van der Waals surface area contributed by atoms with E-state index in [0.29, 0.717) is 17.7 Å². The Morgan fingerprint density at radius 2 is 1.70 bits per heavy atom. The van der Waals surface area contributed by atoms with Gasteiger partial charge in [-0.05, 0) is 37.2 Å². The van der Waals surface area contributed by atoms with Crippen molar-refractivity contribution in [2.45, 2.75) is 51.0 Å². The number of benzene rings is 1. The third-order valence-corrected chi connectivity index (χ3v) is 5.62. The van der Waals surface area contributed by atoms with Crippen LogP contribution >= 0.6 is 0 Å². The molecule has 0 aromatic heterocycles. The normalized spacial score (nSPS) is 22.0. The Balaban J connectivity index is 1.56. The molecule has 1 heterocycles. The van der Waals surface area contributed by atoms with Gasteiger partial charge >= 0.3 is 0 Å². The van der Waals surface area contributed by atoms with Gasteiger partial charge in [0.15, 0.2) is 0 Å². The summed E-state index contributed by atoms with van der Waals surface area (Å²) in [7, 11) is 1.80. The summed E-state index contributed by atoms with van der Waals surface area (Å²) in [6.07, 6.45) is 8.21. The highest BCUT2D eigenvalue weighted by molar-refractivity contribution is 5.79. The van der Waals surface area contributed by atoms with E-state index in [1.807, 2.05) is 6.07 Å². The van der Waals surface area contributed by atoms with Crippen LogP contribution in [-0.4, -0.2) is 31.0 Å². The maximum Gasteiger partial charge on any atom is 0.225 e. The third-order valence-electron chi connectivity index (χ3n) is 5.62. The maximum absolute atomic E-state index is 12.7. The van der Waals surface area contributed by atoms with Gasteiger partial charge in [-0.25, -0.2) is 0 Å². The summed E-state index contributed by atoms with van der Waals surface area (Å²) in [5.41, 5.74) is 1.26. The number of likely N-dealkylation sites (tertiary alicyclic amines) is 1. The van der Waals surface area contributed by atoms with Crippen LogP contribution in [0.3, 0.4) is 0 Å². The van der Waals surface area contributed by atoms with Gasteiger partial charge in [0, 0.05) is 26.1 Å². The minimum atomic E-state index is 0.156. The molecule has 0 radical (unpaired) electrons. The van der Waals surface area contributed by atoms with Crippen molar-refractivity contribution in [3.8, 4) is 0 Å². The fourth-order valence-corrected chi connectivity index (χ4v) is 4.27. The molecule has 126 valence electrons. The number of methoxy groups -OCH3 is 1. The molecule has 1 aliphatic heterocycles. The van der Waals surface area contributed by atoms with Gasteiger partial charge in [-0.2, -0.15) is 0 Å². The predicted molar refractivity (Wildman–Crippen MR) is 92.1 cm³/mol. The average Bonchev–Trinajstić information content (AvgIpc) is 2.64. The minimum Gasteiger partial charge on any atom is -0.376 e. The molecule has 1 aliphatic carbocycles. The van der Waals surface area contributed by atoms with Crippen LogP contribution in [0.4, 0.5) is 0 Å². The number of ether oxygens (including phenoxy) is 1. The summed E-state index contributed by atoms with van der Waals surface area (Å²) in [6, 6.07) is 10.5. The first-order valence-corrected chi connectivity index (χ1v) is 9.16. The van der Waals surface area contributed by atoms with Gasteiger partial charge in [-0.15, -0.1) is 0 Å². The van der Waals surface area contributed by atoms with Crippen molar-refractivity contribution in [1.82, 2.24) is 4.90 Å². The molecule has 1 aromatic rings. The lowest BCUT2D eigenvalue weighted by molar-refractivity contribution is -0.138. The third kappa shape index (κ3) is 3.95. The molecule has 2 fully saturated rings. The van der Waals surface area contributed by atoms with E-state index in [4.69, 9.17) is 4.74 Å². The maximum atomic E-state index is 12.7. The van der Waals surface area contributed by atoms with Crippen LogP contribution in [-0.2, 0) is 9.53 Å². The second kappa shape index (κ2) is 7.96. The van der Waals surface area contributed by atoms with Crippen molar-refractivity contribution in [3.63, 3.8) is 0 Å². The zero-order valence-corrected chi connectivity index (χ0v) is 14.2. The molecule has 0 spiro atoms. The first-order valence-electron chi connectivity index (χ1n) is 9.16. The Kier molecular flexibility index (Phi) is 5.71. The van der Waals surface area contributed by atoms with Crippen LogP contribution in [0.5, 0.6) is 0 Å². The average molecular weight is 315 g/mol. The molecule has 2 aliphatic rings. The highest BCUT2D eigenvalue weighted by atomic mass is 16.5. The summed E-state index contributed by atoms with van der Waals surface area (Å²) < 4.78 is 5.78. The van der Waals surface area contributed by atoms with Crippen LogP contribution < -0.4 is 0 Å². The van der Waals surface area contributed by atoms with Crippen LogP contribution in [0.2, 0.25) is 0 Å². The second-order valence-electron chi connectivity index (χ2n) is 7.06. The minimum absolute atomic E-state index is 0.156. The Morgan fingerprint density at radius 1 is 1.04 bits per heavy atom. The molecule has 1 unspecified atom stereocenters. The summed E-state index contributed by atoms with van der Waals surface area (Å²) in [6.45, 7) is 1.79. The Hall–Kier alpha value is -1.35. The van der Waals surface area contributed by atoms with Gasteiger partial charge in [0.1, 0.15) is 0 Å². The zero-order valence-electron chi connectivity index (χ0n) is 14.2. The van der Waals surface area contributed by atoms with Gasteiger partial charge in [0.05, 0.1) is 6.10 Å². The van der Waals surface area contributed by atoms with Gasteiger partial charge in [0.2, 0.25) is 5.91 Å². The van der Waals surface area contributed by atoms with Crippen molar-refractivity contribution < 1.29 is 9.53 Å². The molecule has 0 N–H and O–H groups in total. The molecule has 1 saturated carbocycles. The van der Waals surface area contributed by atoms with E-state index in [1.165, 1.54) is 24.8 Å². The number of piperidine rings is 1. The molecule has 1 atom stereocenters. The SMILES string of the molecule is COC(c1ccccc1)C1CCN(C(=O)C2CCCCC2)CC1.